The Morgan fingerprint density at radius 2 is 1.70 bits per heavy atom. The standard InChI is InChI=1S/C20H25NO2/c1-20(22-10-5-11-23-20)18-9-8-15-13-16(21(2)3)12-14-6-4-7-17(18)19(14)15/h4,6-9,16H,5,10-13H2,1-3H3. The van der Waals surface area contributed by atoms with Gasteiger partial charge in [-0.15, -0.1) is 0 Å². The third-order valence-corrected chi connectivity index (χ3v) is 5.39. The summed E-state index contributed by atoms with van der Waals surface area (Å²) in [5.41, 5.74) is 4.06. The molecule has 2 aliphatic rings. The number of hydrogen-bond acceptors (Lipinski definition) is 3. The molecule has 1 unspecified atom stereocenters. The van der Waals surface area contributed by atoms with E-state index in [2.05, 4.69) is 56.3 Å². The lowest BCUT2D eigenvalue weighted by Gasteiger charge is -2.36. The first kappa shape index (κ1) is 15.1. The Morgan fingerprint density at radius 1 is 1.00 bits per heavy atom. The third kappa shape index (κ3) is 2.47. The van der Waals surface area contributed by atoms with Gasteiger partial charge in [0.2, 0.25) is 0 Å². The predicted octanol–water partition coefficient (Wildman–Crippen LogP) is 3.48. The molecule has 1 heterocycles. The number of ether oxygens (including phenoxy) is 2. The minimum Gasteiger partial charge on any atom is -0.346 e. The number of rotatable bonds is 2. The summed E-state index contributed by atoms with van der Waals surface area (Å²) < 4.78 is 12.0. The van der Waals surface area contributed by atoms with Crippen molar-refractivity contribution in [3.8, 4) is 0 Å². The molecule has 0 N–H and O–H groups in total. The van der Waals surface area contributed by atoms with Crippen molar-refractivity contribution in [1.29, 1.82) is 0 Å². The molecule has 3 nitrogen and oxygen atoms in total. The maximum Gasteiger partial charge on any atom is 0.192 e. The van der Waals surface area contributed by atoms with Gasteiger partial charge in [0, 0.05) is 11.6 Å². The summed E-state index contributed by atoms with van der Waals surface area (Å²) in [5.74, 6) is -0.617. The highest BCUT2D eigenvalue weighted by molar-refractivity contribution is 5.93. The first-order chi connectivity index (χ1) is 11.1. The second-order valence-electron chi connectivity index (χ2n) is 7.13. The van der Waals surface area contributed by atoms with E-state index in [-0.39, 0.29) is 0 Å². The molecule has 0 bridgehead atoms. The SMILES string of the molecule is CN(C)C1Cc2cccc3c(C4(C)OCCCO4)ccc(c23)C1. The molecule has 0 spiro atoms. The molecule has 0 aromatic heterocycles. The fourth-order valence-electron chi connectivity index (χ4n) is 4.03. The quantitative estimate of drug-likeness (QED) is 0.847. The average Bonchev–Trinajstić information content (AvgIpc) is 2.55. The van der Waals surface area contributed by atoms with Gasteiger partial charge in [-0.05, 0) is 62.2 Å². The topological polar surface area (TPSA) is 21.7 Å². The Morgan fingerprint density at radius 3 is 2.39 bits per heavy atom. The molecular weight excluding hydrogens is 286 g/mol. The van der Waals surface area contributed by atoms with Crippen molar-refractivity contribution in [2.75, 3.05) is 27.3 Å². The van der Waals surface area contributed by atoms with Gasteiger partial charge in [-0.3, -0.25) is 0 Å². The second-order valence-corrected chi connectivity index (χ2v) is 7.13. The second kappa shape index (κ2) is 5.59. The van der Waals surface area contributed by atoms with Crippen LogP contribution in [0.1, 0.15) is 30.0 Å². The molecule has 1 aliphatic heterocycles. The van der Waals surface area contributed by atoms with E-state index >= 15 is 0 Å². The van der Waals surface area contributed by atoms with Crippen molar-refractivity contribution >= 4 is 10.8 Å². The van der Waals surface area contributed by atoms with E-state index in [0.29, 0.717) is 6.04 Å². The number of likely N-dealkylation sites (N-methyl/N-ethyl adjacent to an activating group) is 1. The number of benzene rings is 2. The number of nitrogens with zero attached hydrogens (tertiary/aromatic N) is 1. The van der Waals surface area contributed by atoms with Gasteiger partial charge in [0.1, 0.15) is 0 Å². The molecule has 2 aromatic carbocycles. The van der Waals surface area contributed by atoms with Gasteiger partial charge in [-0.2, -0.15) is 0 Å². The highest BCUT2D eigenvalue weighted by atomic mass is 16.7. The largest absolute Gasteiger partial charge is 0.346 e. The summed E-state index contributed by atoms with van der Waals surface area (Å²) in [7, 11) is 4.35. The van der Waals surface area contributed by atoms with Gasteiger partial charge in [0.15, 0.2) is 5.79 Å². The molecule has 122 valence electrons. The highest BCUT2D eigenvalue weighted by Crippen LogP contribution is 2.39. The van der Waals surface area contributed by atoms with Crippen LogP contribution in [-0.2, 0) is 28.1 Å². The Balaban J connectivity index is 1.86. The molecule has 0 radical (unpaired) electrons. The highest BCUT2D eigenvalue weighted by Gasteiger charge is 2.34. The van der Waals surface area contributed by atoms with Crippen molar-refractivity contribution in [1.82, 2.24) is 4.90 Å². The molecule has 0 saturated carbocycles. The fraction of sp³-hybridized carbons (Fsp3) is 0.500. The zero-order valence-electron chi connectivity index (χ0n) is 14.3. The van der Waals surface area contributed by atoms with Crippen molar-refractivity contribution in [2.45, 2.75) is 38.0 Å². The van der Waals surface area contributed by atoms with E-state index in [1.165, 1.54) is 27.5 Å². The van der Waals surface area contributed by atoms with E-state index < -0.39 is 5.79 Å². The molecule has 1 atom stereocenters. The third-order valence-electron chi connectivity index (χ3n) is 5.39. The van der Waals surface area contributed by atoms with Crippen LogP contribution in [0.2, 0.25) is 0 Å². The Kier molecular flexibility index (Phi) is 3.67. The maximum absolute atomic E-state index is 6.02. The zero-order chi connectivity index (χ0) is 16.0. The van der Waals surface area contributed by atoms with Crippen LogP contribution in [0.5, 0.6) is 0 Å². The van der Waals surface area contributed by atoms with Crippen molar-refractivity contribution in [3.63, 3.8) is 0 Å². The molecule has 0 amide bonds. The summed E-state index contributed by atoms with van der Waals surface area (Å²) in [6.07, 6.45) is 3.19. The van der Waals surface area contributed by atoms with Crippen molar-refractivity contribution < 1.29 is 9.47 Å². The zero-order valence-corrected chi connectivity index (χ0v) is 14.3. The molecule has 23 heavy (non-hydrogen) atoms. The Labute approximate surface area is 138 Å². The van der Waals surface area contributed by atoms with E-state index in [0.717, 1.165) is 32.5 Å². The maximum atomic E-state index is 6.02. The lowest BCUT2D eigenvalue weighted by Crippen LogP contribution is -2.36. The van der Waals surface area contributed by atoms with Gasteiger partial charge in [0.05, 0.1) is 13.2 Å². The van der Waals surface area contributed by atoms with E-state index in [1.807, 2.05) is 0 Å². The average molecular weight is 311 g/mol. The first-order valence-electron chi connectivity index (χ1n) is 8.57. The van der Waals surface area contributed by atoms with E-state index in [4.69, 9.17) is 9.47 Å². The molecule has 3 heteroatoms. The van der Waals surface area contributed by atoms with Gasteiger partial charge in [0.25, 0.3) is 0 Å². The molecule has 1 saturated heterocycles. The lowest BCUT2D eigenvalue weighted by atomic mass is 9.82. The Bertz CT molecular complexity index is 719. The van der Waals surface area contributed by atoms with Crippen LogP contribution in [0.15, 0.2) is 30.3 Å². The van der Waals surface area contributed by atoms with Gasteiger partial charge in [-0.25, -0.2) is 0 Å². The Hall–Kier alpha value is -1.42. The molecule has 2 aromatic rings. The van der Waals surface area contributed by atoms with Crippen molar-refractivity contribution in [3.05, 3.63) is 47.0 Å². The van der Waals surface area contributed by atoms with E-state index in [9.17, 15) is 0 Å². The first-order valence-corrected chi connectivity index (χ1v) is 8.57. The normalized spacial score (nSPS) is 23.4. The minimum atomic E-state index is -0.617. The summed E-state index contributed by atoms with van der Waals surface area (Å²) in [4.78, 5) is 2.34. The van der Waals surface area contributed by atoms with Crippen molar-refractivity contribution in [2.24, 2.45) is 0 Å². The fourth-order valence-corrected chi connectivity index (χ4v) is 4.03. The molecule has 1 fully saturated rings. The molecule has 4 rings (SSSR count). The van der Waals surface area contributed by atoms with Gasteiger partial charge >= 0.3 is 0 Å². The van der Waals surface area contributed by atoms with Crippen LogP contribution in [-0.4, -0.2) is 38.3 Å². The summed E-state index contributed by atoms with van der Waals surface area (Å²) in [5, 5.41) is 2.71. The number of hydrogen-bond donors (Lipinski definition) is 0. The monoisotopic (exact) mass is 311 g/mol. The summed E-state index contributed by atoms with van der Waals surface area (Å²) in [6.45, 7) is 3.59. The molecular formula is C20H25NO2. The lowest BCUT2D eigenvalue weighted by molar-refractivity contribution is -0.264. The minimum absolute atomic E-state index is 0.580. The smallest absolute Gasteiger partial charge is 0.192 e. The van der Waals surface area contributed by atoms with E-state index in [1.54, 1.807) is 0 Å². The molecule has 1 aliphatic carbocycles. The van der Waals surface area contributed by atoms with Crippen LogP contribution < -0.4 is 0 Å². The predicted molar refractivity (Wildman–Crippen MR) is 92.7 cm³/mol. The summed E-state index contributed by atoms with van der Waals surface area (Å²) in [6, 6.07) is 11.7. The van der Waals surface area contributed by atoms with Crippen LogP contribution in [0.25, 0.3) is 10.8 Å². The van der Waals surface area contributed by atoms with Gasteiger partial charge in [-0.1, -0.05) is 30.3 Å². The van der Waals surface area contributed by atoms with Crippen LogP contribution in [0, 0.1) is 0 Å². The van der Waals surface area contributed by atoms with Crippen LogP contribution in [0.4, 0.5) is 0 Å². The van der Waals surface area contributed by atoms with Crippen LogP contribution >= 0.6 is 0 Å². The summed E-state index contributed by atoms with van der Waals surface area (Å²) >= 11 is 0. The van der Waals surface area contributed by atoms with Crippen LogP contribution in [0.3, 0.4) is 0 Å². The van der Waals surface area contributed by atoms with Gasteiger partial charge < -0.3 is 14.4 Å².